The summed E-state index contributed by atoms with van der Waals surface area (Å²) in [6, 6.07) is 0. The first kappa shape index (κ1) is 15.4. The second-order valence-electron chi connectivity index (χ2n) is 5.13. The summed E-state index contributed by atoms with van der Waals surface area (Å²) in [5.74, 6) is 0. The van der Waals surface area contributed by atoms with Gasteiger partial charge >= 0.3 is 0 Å². The fourth-order valence-corrected chi connectivity index (χ4v) is 3.76. The third kappa shape index (κ3) is 2.25. The number of ether oxygens (including phenoxy) is 1. The van der Waals surface area contributed by atoms with Gasteiger partial charge in [0.2, 0.25) is 0 Å². The second kappa shape index (κ2) is 5.28. The molecule has 0 aromatic carbocycles. The van der Waals surface area contributed by atoms with Crippen molar-refractivity contribution in [1.82, 2.24) is 14.5 Å². The molecule has 0 amide bonds. The van der Waals surface area contributed by atoms with Gasteiger partial charge in [-0.05, 0) is 29.5 Å². The van der Waals surface area contributed by atoms with Gasteiger partial charge in [-0.15, -0.1) is 0 Å². The quantitative estimate of drug-likeness (QED) is 0.484. The molecule has 0 aliphatic carbocycles. The zero-order valence-electron chi connectivity index (χ0n) is 10.9. The zero-order valence-corrected chi connectivity index (χ0v) is 13.9. The fraction of sp³-hybridized carbons (Fsp3) is 0.500. The van der Waals surface area contributed by atoms with Gasteiger partial charge in [0.1, 0.15) is 34.9 Å². The Labute approximate surface area is 138 Å². The highest BCUT2D eigenvalue weighted by Gasteiger charge is 2.53. The Morgan fingerprint density at radius 2 is 2.24 bits per heavy atom. The molecule has 114 valence electrons. The van der Waals surface area contributed by atoms with E-state index in [4.69, 9.17) is 16.3 Å². The van der Waals surface area contributed by atoms with E-state index in [0.29, 0.717) is 16.2 Å². The van der Waals surface area contributed by atoms with Crippen molar-refractivity contribution in [3.05, 3.63) is 21.2 Å². The Morgan fingerprint density at radius 3 is 2.86 bits per heavy atom. The summed E-state index contributed by atoms with van der Waals surface area (Å²) in [6.07, 6.45) is 0.0807. The van der Waals surface area contributed by atoms with Crippen LogP contribution in [0.2, 0.25) is 5.15 Å². The van der Waals surface area contributed by atoms with Gasteiger partial charge in [-0.2, -0.15) is 0 Å². The van der Waals surface area contributed by atoms with E-state index in [1.54, 1.807) is 10.8 Å². The Morgan fingerprint density at radius 1 is 1.52 bits per heavy atom. The maximum atomic E-state index is 10.5. The normalized spacial score (nSPS) is 33.0. The van der Waals surface area contributed by atoms with E-state index >= 15 is 0 Å². The van der Waals surface area contributed by atoms with Crippen LogP contribution in [-0.2, 0) is 4.74 Å². The highest BCUT2D eigenvalue weighted by atomic mass is 127. The molecule has 7 nitrogen and oxygen atoms in total. The number of nitrogens with zero attached hydrogens (tertiary/aromatic N) is 3. The number of aliphatic hydroxyl groups excluding tert-OH is 2. The molecule has 3 rings (SSSR count). The number of aromatic nitrogens is 3. The Bertz CT molecular complexity index is 692. The van der Waals surface area contributed by atoms with Gasteiger partial charge in [0.05, 0.1) is 12.0 Å². The van der Waals surface area contributed by atoms with Crippen molar-refractivity contribution in [2.24, 2.45) is 0 Å². The summed E-state index contributed by atoms with van der Waals surface area (Å²) in [4.78, 5) is 8.11. The molecular formula is C12H13ClIN3O4. The SMILES string of the molecule is CC1(O)C(n2cc(I)c3c(Cl)ncnc32)O[C@H](CO)[C@H]1O. The molecule has 0 bridgehead atoms. The highest BCUT2D eigenvalue weighted by molar-refractivity contribution is 14.1. The van der Waals surface area contributed by atoms with E-state index in [0.717, 1.165) is 3.57 Å². The summed E-state index contributed by atoms with van der Waals surface area (Å²) in [7, 11) is 0. The third-order valence-corrected chi connectivity index (χ3v) is 4.81. The largest absolute Gasteiger partial charge is 0.394 e. The topological polar surface area (TPSA) is 101 Å². The molecule has 1 fully saturated rings. The minimum Gasteiger partial charge on any atom is -0.394 e. The zero-order chi connectivity index (χ0) is 15.4. The van der Waals surface area contributed by atoms with Crippen LogP contribution in [0.3, 0.4) is 0 Å². The van der Waals surface area contributed by atoms with E-state index in [1.165, 1.54) is 13.3 Å². The molecule has 1 aliphatic rings. The molecule has 1 saturated heterocycles. The molecule has 4 atom stereocenters. The number of halogens is 2. The molecule has 2 aromatic rings. The van der Waals surface area contributed by atoms with Gasteiger partial charge in [0, 0.05) is 9.77 Å². The summed E-state index contributed by atoms with van der Waals surface area (Å²) < 4.78 is 7.99. The maximum absolute atomic E-state index is 10.5. The van der Waals surface area contributed by atoms with Crippen molar-refractivity contribution < 1.29 is 20.1 Å². The Kier molecular flexibility index (Phi) is 3.87. The van der Waals surface area contributed by atoms with Crippen molar-refractivity contribution in [3.8, 4) is 0 Å². The van der Waals surface area contributed by atoms with Crippen molar-refractivity contribution in [1.29, 1.82) is 0 Å². The lowest BCUT2D eigenvalue weighted by Gasteiger charge is -2.27. The average molecular weight is 426 g/mol. The molecule has 3 N–H and O–H groups in total. The van der Waals surface area contributed by atoms with Gasteiger partial charge in [-0.3, -0.25) is 0 Å². The van der Waals surface area contributed by atoms with Gasteiger partial charge in [-0.1, -0.05) is 11.6 Å². The molecule has 9 heteroatoms. The lowest BCUT2D eigenvalue weighted by Crippen LogP contribution is -2.44. The molecule has 0 radical (unpaired) electrons. The van der Waals surface area contributed by atoms with Gasteiger partial charge < -0.3 is 24.6 Å². The van der Waals surface area contributed by atoms with Crippen LogP contribution < -0.4 is 0 Å². The average Bonchev–Trinajstić information content (AvgIpc) is 2.87. The predicted molar refractivity (Wildman–Crippen MR) is 82.9 cm³/mol. The van der Waals surface area contributed by atoms with Gasteiger partial charge in [0.15, 0.2) is 6.23 Å². The van der Waals surface area contributed by atoms with Crippen LogP contribution in [0.4, 0.5) is 0 Å². The molecule has 1 aliphatic heterocycles. The van der Waals surface area contributed by atoms with Crippen molar-refractivity contribution >= 4 is 45.2 Å². The summed E-state index contributed by atoms with van der Waals surface area (Å²) in [5, 5.41) is 30.8. The van der Waals surface area contributed by atoms with E-state index in [9.17, 15) is 15.3 Å². The first-order valence-corrected chi connectivity index (χ1v) is 7.67. The number of hydrogen-bond acceptors (Lipinski definition) is 6. The molecule has 21 heavy (non-hydrogen) atoms. The molecule has 3 heterocycles. The summed E-state index contributed by atoms with van der Waals surface area (Å²) in [6.45, 7) is 1.07. The molecular weight excluding hydrogens is 413 g/mol. The van der Waals surface area contributed by atoms with Gasteiger partial charge in [0.25, 0.3) is 0 Å². The fourth-order valence-electron chi connectivity index (χ4n) is 2.57. The van der Waals surface area contributed by atoms with Crippen LogP contribution in [0.1, 0.15) is 13.2 Å². The third-order valence-electron chi connectivity index (χ3n) is 3.70. The van der Waals surface area contributed by atoms with Crippen LogP contribution in [0.25, 0.3) is 11.0 Å². The lowest BCUT2D eigenvalue weighted by atomic mass is 9.96. The standard InChI is InChI=1S/C12H13ClIN3O4/c1-12(20)8(19)6(3-18)21-11(12)17-2-5(14)7-9(13)15-4-16-10(7)17/h2,4,6,8,11,18-20H,3H2,1H3/t6-,8-,11?,12?/m1/s1. The maximum Gasteiger partial charge on any atom is 0.167 e. The number of hydrogen-bond donors (Lipinski definition) is 3. The summed E-state index contributed by atoms with van der Waals surface area (Å²) >= 11 is 8.16. The molecule has 2 unspecified atom stereocenters. The minimum absolute atomic E-state index is 0.306. The smallest absolute Gasteiger partial charge is 0.167 e. The lowest BCUT2D eigenvalue weighted by molar-refractivity contribution is -0.0948. The van der Waals surface area contributed by atoms with Crippen LogP contribution in [0.5, 0.6) is 0 Å². The first-order valence-electron chi connectivity index (χ1n) is 6.21. The first-order chi connectivity index (χ1) is 9.87. The second-order valence-corrected chi connectivity index (χ2v) is 6.65. The molecule has 0 saturated carbocycles. The highest BCUT2D eigenvalue weighted by Crippen LogP contribution is 2.41. The monoisotopic (exact) mass is 425 g/mol. The van der Waals surface area contributed by atoms with Crippen molar-refractivity contribution in [2.75, 3.05) is 6.61 Å². The Balaban J connectivity index is 2.15. The van der Waals surface area contributed by atoms with Crippen LogP contribution >= 0.6 is 34.2 Å². The molecule has 0 spiro atoms. The van der Waals surface area contributed by atoms with E-state index in [2.05, 4.69) is 32.6 Å². The number of fused-ring (bicyclic) bond motifs is 1. The summed E-state index contributed by atoms with van der Waals surface area (Å²) in [5.41, 5.74) is -1.07. The van der Waals surface area contributed by atoms with Crippen LogP contribution in [0.15, 0.2) is 12.5 Å². The molecule has 2 aromatic heterocycles. The predicted octanol–water partition coefficient (Wildman–Crippen LogP) is 0.691. The van der Waals surface area contributed by atoms with Crippen molar-refractivity contribution in [3.63, 3.8) is 0 Å². The van der Waals surface area contributed by atoms with Crippen LogP contribution in [0, 0.1) is 3.57 Å². The van der Waals surface area contributed by atoms with Gasteiger partial charge in [-0.25, -0.2) is 9.97 Å². The van der Waals surface area contributed by atoms with Crippen LogP contribution in [-0.4, -0.2) is 54.3 Å². The van der Waals surface area contributed by atoms with E-state index in [1.807, 2.05) is 0 Å². The van der Waals surface area contributed by atoms with E-state index in [-0.39, 0.29) is 6.61 Å². The van der Waals surface area contributed by atoms with E-state index < -0.39 is 24.0 Å². The number of rotatable bonds is 2. The Hall–Kier alpha value is -0.520. The number of aliphatic hydroxyl groups is 3. The minimum atomic E-state index is -1.57. The van der Waals surface area contributed by atoms with Crippen molar-refractivity contribution in [2.45, 2.75) is 31.0 Å².